The summed E-state index contributed by atoms with van der Waals surface area (Å²) in [6.45, 7) is 5.21. The third-order valence-electron chi connectivity index (χ3n) is 2.70. The number of hydrogen-bond acceptors (Lipinski definition) is 5. The van der Waals surface area contributed by atoms with Gasteiger partial charge in [0.25, 0.3) is 0 Å². The molecule has 0 amide bonds. The predicted octanol–water partition coefficient (Wildman–Crippen LogP) is 2.66. The van der Waals surface area contributed by atoms with Crippen molar-refractivity contribution in [2.75, 3.05) is 25.1 Å². The first kappa shape index (κ1) is 12.8. The maximum absolute atomic E-state index is 5.67. The van der Waals surface area contributed by atoms with Crippen LogP contribution in [0.1, 0.15) is 31.1 Å². The lowest BCUT2D eigenvalue weighted by Gasteiger charge is -2.22. The minimum atomic E-state index is 0.296. The van der Waals surface area contributed by atoms with Crippen LogP contribution < -0.4 is 5.32 Å². The Hall–Kier alpha value is -0.650. The number of thiazole rings is 1. The highest BCUT2D eigenvalue weighted by atomic mass is 32.1. The molecule has 4 nitrogen and oxygen atoms in total. The second kappa shape index (κ2) is 6.93. The first-order valence-corrected chi connectivity index (χ1v) is 7.08. The van der Waals surface area contributed by atoms with E-state index in [1.807, 2.05) is 6.20 Å². The number of nitrogens with one attached hydrogen (secondary N) is 1. The van der Waals surface area contributed by atoms with Gasteiger partial charge in [-0.2, -0.15) is 0 Å². The Morgan fingerprint density at radius 1 is 1.59 bits per heavy atom. The zero-order valence-corrected chi connectivity index (χ0v) is 11.1. The third-order valence-corrected chi connectivity index (χ3v) is 3.63. The zero-order chi connectivity index (χ0) is 11.9. The number of hydrogen-bond donors (Lipinski definition) is 1. The lowest BCUT2D eigenvalue weighted by atomic mass is 10.1. The van der Waals surface area contributed by atoms with Crippen molar-refractivity contribution >= 4 is 16.5 Å². The van der Waals surface area contributed by atoms with Crippen LogP contribution in [0.25, 0.3) is 0 Å². The summed E-state index contributed by atoms with van der Waals surface area (Å²) in [5, 5.41) is 4.17. The molecule has 0 saturated carbocycles. The molecular weight excluding hydrogens is 236 g/mol. The van der Waals surface area contributed by atoms with E-state index in [4.69, 9.17) is 9.47 Å². The normalized spacial score (nSPS) is 20.4. The summed E-state index contributed by atoms with van der Waals surface area (Å²) in [5.41, 5.74) is 0. The van der Waals surface area contributed by atoms with Crippen molar-refractivity contribution in [3.63, 3.8) is 0 Å². The van der Waals surface area contributed by atoms with E-state index in [0.717, 1.165) is 29.6 Å². The maximum Gasteiger partial charge on any atom is 0.182 e. The Morgan fingerprint density at radius 2 is 2.53 bits per heavy atom. The van der Waals surface area contributed by atoms with Gasteiger partial charge < -0.3 is 14.8 Å². The van der Waals surface area contributed by atoms with Crippen LogP contribution in [-0.4, -0.2) is 30.8 Å². The Kier molecular flexibility index (Phi) is 5.22. The van der Waals surface area contributed by atoms with Crippen LogP contribution >= 0.6 is 11.3 Å². The van der Waals surface area contributed by atoms with E-state index in [1.165, 1.54) is 12.8 Å². The second-order valence-electron chi connectivity index (χ2n) is 4.17. The summed E-state index contributed by atoms with van der Waals surface area (Å²) >= 11 is 1.66. The monoisotopic (exact) mass is 256 g/mol. The maximum atomic E-state index is 5.67. The van der Waals surface area contributed by atoms with Crippen molar-refractivity contribution in [3.8, 4) is 0 Å². The quantitative estimate of drug-likeness (QED) is 0.850. The van der Waals surface area contributed by atoms with Gasteiger partial charge in [-0.25, -0.2) is 4.98 Å². The fourth-order valence-electron chi connectivity index (χ4n) is 1.84. The van der Waals surface area contributed by atoms with Crippen LogP contribution in [-0.2, 0) is 16.1 Å². The first-order valence-electron chi connectivity index (χ1n) is 6.26. The molecule has 1 aliphatic rings. The molecule has 0 radical (unpaired) electrons. The first-order chi connectivity index (χ1) is 8.38. The van der Waals surface area contributed by atoms with Gasteiger partial charge in [-0.05, 0) is 26.2 Å². The summed E-state index contributed by atoms with van der Waals surface area (Å²) in [5.74, 6) is 0. The van der Waals surface area contributed by atoms with Crippen LogP contribution in [0.5, 0.6) is 0 Å². The van der Waals surface area contributed by atoms with Crippen molar-refractivity contribution in [3.05, 3.63) is 11.1 Å². The lowest BCUT2D eigenvalue weighted by Crippen LogP contribution is -2.24. The van der Waals surface area contributed by atoms with E-state index in [0.29, 0.717) is 19.3 Å². The SMILES string of the molecule is CCNc1ncc(COCC2CCCCO2)s1. The Labute approximate surface area is 106 Å². The zero-order valence-electron chi connectivity index (χ0n) is 10.3. The van der Waals surface area contributed by atoms with Gasteiger partial charge in [-0.15, -0.1) is 0 Å². The number of ether oxygens (including phenoxy) is 2. The Bertz CT molecular complexity index is 324. The molecule has 1 fully saturated rings. The van der Waals surface area contributed by atoms with Gasteiger partial charge >= 0.3 is 0 Å². The van der Waals surface area contributed by atoms with E-state index < -0.39 is 0 Å². The van der Waals surface area contributed by atoms with Crippen molar-refractivity contribution in [2.24, 2.45) is 0 Å². The highest BCUT2D eigenvalue weighted by Crippen LogP contribution is 2.19. The van der Waals surface area contributed by atoms with Gasteiger partial charge in [0, 0.05) is 19.3 Å². The van der Waals surface area contributed by atoms with Crippen molar-refractivity contribution in [1.29, 1.82) is 0 Å². The molecule has 2 rings (SSSR count). The summed E-state index contributed by atoms with van der Waals surface area (Å²) in [4.78, 5) is 5.43. The fraction of sp³-hybridized carbons (Fsp3) is 0.750. The van der Waals surface area contributed by atoms with Crippen LogP contribution in [0.3, 0.4) is 0 Å². The number of anilines is 1. The topological polar surface area (TPSA) is 43.4 Å². The summed E-state index contributed by atoms with van der Waals surface area (Å²) < 4.78 is 11.3. The Morgan fingerprint density at radius 3 is 3.29 bits per heavy atom. The minimum Gasteiger partial charge on any atom is -0.376 e. The highest BCUT2D eigenvalue weighted by molar-refractivity contribution is 7.15. The fourth-order valence-corrected chi connectivity index (χ4v) is 2.65. The van der Waals surface area contributed by atoms with Gasteiger partial charge in [0.15, 0.2) is 5.13 Å². The van der Waals surface area contributed by atoms with E-state index >= 15 is 0 Å². The summed E-state index contributed by atoms with van der Waals surface area (Å²) in [6, 6.07) is 0. The number of nitrogens with zero attached hydrogens (tertiary/aromatic N) is 1. The van der Waals surface area contributed by atoms with Crippen LogP contribution in [0, 0.1) is 0 Å². The average molecular weight is 256 g/mol. The van der Waals surface area contributed by atoms with Crippen molar-refractivity contribution in [1.82, 2.24) is 4.98 Å². The molecule has 96 valence electrons. The molecule has 1 unspecified atom stereocenters. The molecule has 1 aromatic rings. The number of rotatable bonds is 6. The largest absolute Gasteiger partial charge is 0.376 e. The molecule has 2 heterocycles. The van der Waals surface area contributed by atoms with Crippen molar-refractivity contribution < 1.29 is 9.47 Å². The Balaban J connectivity index is 1.66. The molecule has 17 heavy (non-hydrogen) atoms. The van der Waals surface area contributed by atoms with Crippen LogP contribution in [0.2, 0.25) is 0 Å². The predicted molar refractivity (Wildman–Crippen MR) is 69.5 cm³/mol. The van der Waals surface area contributed by atoms with Gasteiger partial charge in [0.05, 0.1) is 24.2 Å². The van der Waals surface area contributed by atoms with Gasteiger partial charge in [-0.1, -0.05) is 11.3 Å². The highest BCUT2D eigenvalue weighted by Gasteiger charge is 2.13. The minimum absolute atomic E-state index is 0.296. The summed E-state index contributed by atoms with van der Waals surface area (Å²) in [7, 11) is 0. The van der Waals surface area contributed by atoms with Crippen LogP contribution in [0.15, 0.2) is 6.20 Å². The van der Waals surface area contributed by atoms with E-state index in [2.05, 4.69) is 17.2 Å². The average Bonchev–Trinajstić information content (AvgIpc) is 2.79. The number of aromatic nitrogens is 1. The van der Waals surface area contributed by atoms with E-state index in [-0.39, 0.29) is 0 Å². The van der Waals surface area contributed by atoms with Crippen LogP contribution in [0.4, 0.5) is 5.13 Å². The molecule has 0 bridgehead atoms. The second-order valence-corrected chi connectivity index (χ2v) is 5.28. The van der Waals surface area contributed by atoms with E-state index in [1.54, 1.807) is 11.3 Å². The smallest absolute Gasteiger partial charge is 0.182 e. The van der Waals surface area contributed by atoms with Gasteiger partial charge in [-0.3, -0.25) is 0 Å². The van der Waals surface area contributed by atoms with Gasteiger partial charge in [0.1, 0.15) is 0 Å². The van der Waals surface area contributed by atoms with Crippen molar-refractivity contribution in [2.45, 2.75) is 38.9 Å². The molecule has 0 spiro atoms. The molecule has 0 aliphatic carbocycles. The molecular formula is C12H20N2O2S. The molecule has 1 aromatic heterocycles. The standard InChI is InChI=1S/C12H20N2O2S/c1-2-13-12-14-7-11(17-12)9-15-8-10-5-3-4-6-16-10/h7,10H,2-6,8-9H2,1H3,(H,13,14). The third kappa shape index (κ3) is 4.26. The van der Waals surface area contributed by atoms with E-state index in [9.17, 15) is 0 Å². The molecule has 1 atom stereocenters. The molecule has 1 aliphatic heterocycles. The molecule has 0 aromatic carbocycles. The molecule has 5 heteroatoms. The lowest BCUT2D eigenvalue weighted by molar-refractivity contribution is -0.0443. The molecule has 1 saturated heterocycles. The van der Waals surface area contributed by atoms with Gasteiger partial charge in [0.2, 0.25) is 0 Å². The molecule has 1 N–H and O–H groups in total. The summed E-state index contributed by atoms with van der Waals surface area (Å²) in [6.07, 6.45) is 5.76.